The summed E-state index contributed by atoms with van der Waals surface area (Å²) in [5.74, 6) is 0. The number of anilines is 1. The van der Waals surface area contributed by atoms with Crippen molar-refractivity contribution in [2.75, 3.05) is 25.1 Å². The van der Waals surface area contributed by atoms with Gasteiger partial charge in [0.1, 0.15) is 0 Å². The zero-order valence-electron chi connectivity index (χ0n) is 10.7. The normalized spacial score (nSPS) is 17.1. The molecule has 0 aliphatic carbocycles. The van der Waals surface area contributed by atoms with Crippen LogP contribution in [-0.4, -0.2) is 26.0 Å². The molecule has 1 aliphatic rings. The molecular formula is C14H21NO2. The molecule has 1 aromatic rings. The van der Waals surface area contributed by atoms with Gasteiger partial charge in [-0.15, -0.1) is 0 Å². The van der Waals surface area contributed by atoms with Crippen LogP contribution < -0.4 is 5.32 Å². The van der Waals surface area contributed by atoms with Gasteiger partial charge in [0, 0.05) is 5.69 Å². The number of ether oxygens (including phenoxy) is 2. The Balaban J connectivity index is 1.97. The highest BCUT2D eigenvalue weighted by atomic mass is 16.7. The van der Waals surface area contributed by atoms with Crippen LogP contribution in [0, 0.1) is 6.92 Å². The number of para-hydroxylation sites is 1. The number of rotatable bonds is 4. The third-order valence-corrected chi connectivity index (χ3v) is 3.08. The Kier molecular flexibility index (Phi) is 4.40. The summed E-state index contributed by atoms with van der Waals surface area (Å²) in [7, 11) is 0. The Bertz CT molecular complexity index is 359. The number of hydrogen-bond donors (Lipinski definition) is 1. The number of nitrogens with one attached hydrogen (secondary N) is 1. The predicted octanol–water partition coefficient (Wildman–Crippen LogP) is 2.73. The molecule has 1 N–H and O–H groups in total. The molecule has 1 aromatic carbocycles. The summed E-state index contributed by atoms with van der Waals surface area (Å²) in [6.45, 7) is 6.64. The van der Waals surface area contributed by atoms with Crippen molar-refractivity contribution in [3.63, 3.8) is 0 Å². The molecule has 3 nitrogen and oxygen atoms in total. The molecule has 1 fully saturated rings. The molecule has 3 heteroatoms. The zero-order chi connectivity index (χ0) is 12.1. The smallest absolute Gasteiger partial charge is 0.174 e. The Morgan fingerprint density at radius 1 is 1.29 bits per heavy atom. The van der Waals surface area contributed by atoms with Gasteiger partial charge in [-0.05, 0) is 30.9 Å². The van der Waals surface area contributed by atoms with Gasteiger partial charge in [0.05, 0.1) is 19.8 Å². The molecule has 0 amide bonds. The Morgan fingerprint density at radius 2 is 2.06 bits per heavy atom. The maximum absolute atomic E-state index is 5.53. The molecule has 0 atom stereocenters. The van der Waals surface area contributed by atoms with E-state index in [4.69, 9.17) is 9.47 Å². The SMILES string of the molecule is CCc1cccc(C)c1NCC1OCCCO1. The molecule has 2 rings (SSSR count). The fourth-order valence-corrected chi connectivity index (χ4v) is 2.12. The summed E-state index contributed by atoms with van der Waals surface area (Å²) in [5, 5.41) is 3.45. The highest BCUT2D eigenvalue weighted by Crippen LogP contribution is 2.21. The molecule has 0 bridgehead atoms. The van der Waals surface area contributed by atoms with Crippen LogP contribution in [0.25, 0.3) is 0 Å². The Morgan fingerprint density at radius 3 is 2.76 bits per heavy atom. The summed E-state index contributed by atoms with van der Waals surface area (Å²) >= 11 is 0. The van der Waals surface area contributed by atoms with E-state index in [9.17, 15) is 0 Å². The Hall–Kier alpha value is -1.06. The van der Waals surface area contributed by atoms with Gasteiger partial charge in [-0.25, -0.2) is 0 Å². The van der Waals surface area contributed by atoms with Crippen molar-refractivity contribution < 1.29 is 9.47 Å². The lowest BCUT2D eigenvalue weighted by molar-refractivity contribution is -0.169. The van der Waals surface area contributed by atoms with E-state index in [2.05, 4.69) is 37.4 Å². The number of benzene rings is 1. The topological polar surface area (TPSA) is 30.5 Å². The van der Waals surface area contributed by atoms with Crippen LogP contribution in [-0.2, 0) is 15.9 Å². The quantitative estimate of drug-likeness (QED) is 0.870. The average Bonchev–Trinajstić information content (AvgIpc) is 2.38. The first-order chi connectivity index (χ1) is 8.31. The second-order valence-corrected chi connectivity index (χ2v) is 4.37. The molecular weight excluding hydrogens is 214 g/mol. The van der Waals surface area contributed by atoms with Crippen molar-refractivity contribution in [2.24, 2.45) is 0 Å². The average molecular weight is 235 g/mol. The second kappa shape index (κ2) is 6.03. The van der Waals surface area contributed by atoms with E-state index in [1.807, 2.05) is 0 Å². The number of hydrogen-bond acceptors (Lipinski definition) is 3. The fourth-order valence-electron chi connectivity index (χ4n) is 2.12. The highest BCUT2D eigenvalue weighted by molar-refractivity contribution is 5.57. The molecule has 0 aromatic heterocycles. The second-order valence-electron chi connectivity index (χ2n) is 4.37. The van der Waals surface area contributed by atoms with Crippen LogP contribution in [0.3, 0.4) is 0 Å². The van der Waals surface area contributed by atoms with Crippen molar-refractivity contribution in [1.82, 2.24) is 0 Å². The van der Waals surface area contributed by atoms with E-state index >= 15 is 0 Å². The third-order valence-electron chi connectivity index (χ3n) is 3.08. The van der Waals surface area contributed by atoms with Crippen LogP contribution in [0.4, 0.5) is 5.69 Å². The van der Waals surface area contributed by atoms with E-state index in [0.717, 1.165) is 32.6 Å². The van der Waals surface area contributed by atoms with Crippen LogP contribution in [0.15, 0.2) is 18.2 Å². The minimum absolute atomic E-state index is 0.104. The fraction of sp³-hybridized carbons (Fsp3) is 0.571. The third kappa shape index (κ3) is 3.20. The molecule has 0 spiro atoms. The molecule has 94 valence electrons. The minimum atomic E-state index is -0.104. The lowest BCUT2D eigenvalue weighted by Crippen LogP contribution is -2.31. The van der Waals surface area contributed by atoms with Crippen LogP contribution in [0.2, 0.25) is 0 Å². The van der Waals surface area contributed by atoms with Crippen LogP contribution in [0.1, 0.15) is 24.5 Å². The van der Waals surface area contributed by atoms with Crippen LogP contribution in [0.5, 0.6) is 0 Å². The number of aryl methyl sites for hydroxylation is 2. The zero-order valence-corrected chi connectivity index (χ0v) is 10.7. The van der Waals surface area contributed by atoms with Crippen LogP contribution >= 0.6 is 0 Å². The van der Waals surface area contributed by atoms with Gasteiger partial charge in [-0.2, -0.15) is 0 Å². The van der Waals surface area contributed by atoms with Crippen molar-refractivity contribution in [2.45, 2.75) is 33.0 Å². The van der Waals surface area contributed by atoms with Gasteiger partial charge in [-0.3, -0.25) is 0 Å². The van der Waals surface area contributed by atoms with Gasteiger partial charge in [-0.1, -0.05) is 25.1 Å². The standard InChI is InChI=1S/C14H21NO2/c1-3-12-7-4-6-11(2)14(12)15-10-13-16-8-5-9-17-13/h4,6-7,13,15H,3,5,8-10H2,1-2H3. The summed E-state index contributed by atoms with van der Waals surface area (Å²) in [6.07, 6.45) is 1.94. The summed E-state index contributed by atoms with van der Waals surface area (Å²) in [5.41, 5.74) is 3.86. The van der Waals surface area contributed by atoms with Gasteiger partial charge in [0.2, 0.25) is 0 Å². The molecule has 0 unspecified atom stereocenters. The van der Waals surface area contributed by atoms with Crippen molar-refractivity contribution in [3.05, 3.63) is 29.3 Å². The molecule has 1 aliphatic heterocycles. The van der Waals surface area contributed by atoms with Gasteiger partial charge in [0.25, 0.3) is 0 Å². The molecule has 1 saturated heterocycles. The first-order valence-electron chi connectivity index (χ1n) is 6.37. The first-order valence-corrected chi connectivity index (χ1v) is 6.37. The summed E-state index contributed by atoms with van der Waals surface area (Å²) < 4.78 is 11.1. The highest BCUT2D eigenvalue weighted by Gasteiger charge is 2.14. The van der Waals surface area contributed by atoms with Crippen molar-refractivity contribution >= 4 is 5.69 Å². The Labute approximate surface area is 103 Å². The lowest BCUT2D eigenvalue weighted by atomic mass is 10.1. The minimum Gasteiger partial charge on any atom is -0.380 e. The largest absolute Gasteiger partial charge is 0.380 e. The van der Waals surface area contributed by atoms with Crippen molar-refractivity contribution in [3.8, 4) is 0 Å². The van der Waals surface area contributed by atoms with E-state index in [1.165, 1.54) is 16.8 Å². The predicted molar refractivity (Wildman–Crippen MR) is 69.4 cm³/mol. The summed E-state index contributed by atoms with van der Waals surface area (Å²) in [4.78, 5) is 0. The maximum atomic E-state index is 5.53. The molecule has 1 heterocycles. The lowest BCUT2D eigenvalue weighted by Gasteiger charge is -2.24. The monoisotopic (exact) mass is 235 g/mol. The van der Waals surface area contributed by atoms with Gasteiger partial charge >= 0.3 is 0 Å². The van der Waals surface area contributed by atoms with E-state index in [0.29, 0.717) is 0 Å². The summed E-state index contributed by atoms with van der Waals surface area (Å²) in [6, 6.07) is 6.40. The first kappa shape index (κ1) is 12.4. The van der Waals surface area contributed by atoms with E-state index in [-0.39, 0.29) is 6.29 Å². The molecule has 17 heavy (non-hydrogen) atoms. The van der Waals surface area contributed by atoms with E-state index < -0.39 is 0 Å². The molecule has 0 saturated carbocycles. The van der Waals surface area contributed by atoms with Gasteiger partial charge in [0.15, 0.2) is 6.29 Å². The van der Waals surface area contributed by atoms with E-state index in [1.54, 1.807) is 0 Å². The maximum Gasteiger partial charge on any atom is 0.174 e. The molecule has 0 radical (unpaired) electrons. The van der Waals surface area contributed by atoms with Crippen molar-refractivity contribution in [1.29, 1.82) is 0 Å². The van der Waals surface area contributed by atoms with Gasteiger partial charge < -0.3 is 14.8 Å².